The maximum absolute atomic E-state index is 13.2. The van der Waals surface area contributed by atoms with Gasteiger partial charge in [0, 0.05) is 67.2 Å². The van der Waals surface area contributed by atoms with E-state index in [1.165, 1.54) is 5.56 Å². The van der Waals surface area contributed by atoms with E-state index in [0.29, 0.717) is 41.8 Å². The molecule has 2 heterocycles. The monoisotopic (exact) mass is 482 g/mol. The van der Waals surface area contributed by atoms with Crippen molar-refractivity contribution in [3.8, 4) is 11.5 Å². The van der Waals surface area contributed by atoms with Crippen molar-refractivity contribution in [2.24, 2.45) is 0 Å². The van der Waals surface area contributed by atoms with Crippen LogP contribution >= 0.6 is 11.6 Å². The highest BCUT2D eigenvalue weighted by Gasteiger charge is 2.23. The van der Waals surface area contributed by atoms with E-state index in [0.717, 1.165) is 37.4 Å². The Morgan fingerprint density at radius 3 is 2.44 bits per heavy atom. The summed E-state index contributed by atoms with van der Waals surface area (Å²) in [5.41, 5.74) is 3.79. The third kappa shape index (κ3) is 5.72. The Labute approximate surface area is 205 Å². The van der Waals surface area contributed by atoms with Crippen LogP contribution in [0.2, 0.25) is 5.02 Å². The van der Waals surface area contributed by atoms with Gasteiger partial charge in [0.25, 0.3) is 5.91 Å². The van der Waals surface area contributed by atoms with Crippen LogP contribution in [0.1, 0.15) is 34.1 Å². The fraction of sp³-hybridized carbons (Fsp3) is 0.385. The first kappa shape index (κ1) is 24.1. The lowest BCUT2D eigenvalue weighted by molar-refractivity contribution is 0.0628. The predicted octanol–water partition coefficient (Wildman–Crippen LogP) is 4.41. The van der Waals surface area contributed by atoms with Crippen molar-refractivity contribution in [2.75, 3.05) is 33.3 Å². The number of rotatable bonds is 8. The van der Waals surface area contributed by atoms with Gasteiger partial charge in [0.05, 0.1) is 12.8 Å². The number of hydrogen-bond donors (Lipinski definition) is 0. The van der Waals surface area contributed by atoms with Gasteiger partial charge in [0.1, 0.15) is 18.1 Å². The van der Waals surface area contributed by atoms with E-state index in [1.54, 1.807) is 19.2 Å². The largest absolute Gasteiger partial charge is 0.496 e. The third-order valence-corrected chi connectivity index (χ3v) is 6.41. The van der Waals surface area contributed by atoms with Crippen LogP contribution in [0.5, 0.6) is 11.5 Å². The van der Waals surface area contributed by atoms with Crippen molar-refractivity contribution < 1.29 is 14.3 Å². The molecule has 4 rings (SSSR count). The summed E-state index contributed by atoms with van der Waals surface area (Å²) >= 11 is 5.94. The smallest absolute Gasteiger partial charge is 0.253 e. The number of methoxy groups -OCH3 is 1. The summed E-state index contributed by atoms with van der Waals surface area (Å²) in [6.45, 7) is 9.25. The number of piperazine rings is 1. The highest BCUT2D eigenvalue weighted by atomic mass is 35.5. The Balaban J connectivity index is 1.37. The number of carbonyl (C=O) groups excluding carboxylic acids is 1. The average Bonchev–Trinajstić information content (AvgIpc) is 3.22. The van der Waals surface area contributed by atoms with Crippen molar-refractivity contribution in [2.45, 2.75) is 33.5 Å². The first-order valence-corrected chi connectivity index (χ1v) is 11.9. The van der Waals surface area contributed by atoms with Gasteiger partial charge in [0.2, 0.25) is 0 Å². The predicted molar refractivity (Wildman–Crippen MR) is 133 cm³/mol. The Morgan fingerprint density at radius 2 is 1.79 bits per heavy atom. The number of carbonyl (C=O) groups is 1. The quantitative estimate of drug-likeness (QED) is 0.476. The molecular weight excluding hydrogens is 452 g/mol. The first-order valence-electron chi connectivity index (χ1n) is 11.6. The molecule has 1 aliphatic heterocycles. The fourth-order valence-electron chi connectivity index (χ4n) is 4.13. The molecule has 0 N–H and O–H groups in total. The summed E-state index contributed by atoms with van der Waals surface area (Å²) in [5, 5.41) is 5.19. The molecule has 0 radical (unpaired) electrons. The third-order valence-electron chi connectivity index (χ3n) is 6.16. The van der Waals surface area contributed by atoms with Crippen LogP contribution in [0.4, 0.5) is 0 Å². The molecule has 1 amide bonds. The summed E-state index contributed by atoms with van der Waals surface area (Å²) in [4.78, 5) is 17.5. The molecule has 3 aromatic rings. The lowest BCUT2D eigenvalue weighted by atomic mass is 10.1. The second-order valence-corrected chi connectivity index (χ2v) is 8.87. The molecule has 0 aliphatic carbocycles. The number of nitrogens with zero attached hydrogens (tertiary/aromatic N) is 4. The zero-order valence-corrected chi connectivity index (χ0v) is 20.7. The standard InChI is InChI=1S/C26H31ClN4O3/c1-4-31-17-22(19(2)28-31)16-29-11-13-30(14-12-29)26(32)20-5-10-25(33-3)21(15-20)18-34-24-8-6-23(27)7-9-24/h5-10,15,17H,4,11-14,16,18H2,1-3H3. The van der Waals surface area contributed by atoms with E-state index < -0.39 is 0 Å². The molecule has 7 nitrogen and oxygen atoms in total. The number of aromatic nitrogens is 2. The molecule has 0 spiro atoms. The summed E-state index contributed by atoms with van der Waals surface area (Å²) in [5.74, 6) is 1.43. The Bertz CT molecular complexity index is 1120. The number of ether oxygens (including phenoxy) is 2. The molecule has 2 aromatic carbocycles. The molecule has 34 heavy (non-hydrogen) atoms. The van der Waals surface area contributed by atoms with E-state index >= 15 is 0 Å². The van der Waals surface area contributed by atoms with Gasteiger partial charge in [-0.25, -0.2) is 0 Å². The van der Waals surface area contributed by atoms with E-state index in [2.05, 4.69) is 30.0 Å². The lowest BCUT2D eigenvalue weighted by Gasteiger charge is -2.34. The maximum atomic E-state index is 13.2. The number of hydrogen-bond acceptors (Lipinski definition) is 5. The van der Waals surface area contributed by atoms with Crippen LogP contribution in [0.3, 0.4) is 0 Å². The number of amides is 1. The van der Waals surface area contributed by atoms with Crippen molar-refractivity contribution in [1.82, 2.24) is 19.6 Å². The normalized spacial score (nSPS) is 14.3. The van der Waals surface area contributed by atoms with E-state index in [1.807, 2.05) is 39.9 Å². The average molecular weight is 483 g/mol. The molecule has 1 fully saturated rings. The SMILES string of the molecule is CCn1cc(CN2CCN(C(=O)c3ccc(OC)c(COc4ccc(Cl)cc4)c3)CC2)c(C)n1. The maximum Gasteiger partial charge on any atom is 0.253 e. The second kappa shape index (κ2) is 10.9. The minimum Gasteiger partial charge on any atom is -0.496 e. The highest BCUT2D eigenvalue weighted by Crippen LogP contribution is 2.24. The molecule has 0 saturated carbocycles. The first-order chi connectivity index (χ1) is 16.5. The Kier molecular flexibility index (Phi) is 7.75. The van der Waals surface area contributed by atoms with Crippen molar-refractivity contribution in [3.63, 3.8) is 0 Å². The van der Waals surface area contributed by atoms with Crippen LogP contribution in [-0.4, -0.2) is 58.8 Å². The van der Waals surface area contributed by atoms with Crippen LogP contribution in [-0.2, 0) is 19.7 Å². The van der Waals surface area contributed by atoms with Crippen molar-refractivity contribution in [1.29, 1.82) is 0 Å². The molecule has 0 atom stereocenters. The van der Waals surface area contributed by atoms with Gasteiger partial charge < -0.3 is 14.4 Å². The van der Waals surface area contributed by atoms with E-state index in [-0.39, 0.29) is 5.91 Å². The van der Waals surface area contributed by atoms with Crippen LogP contribution in [0, 0.1) is 6.92 Å². The van der Waals surface area contributed by atoms with Gasteiger partial charge in [-0.3, -0.25) is 14.4 Å². The zero-order valence-electron chi connectivity index (χ0n) is 20.0. The topological polar surface area (TPSA) is 59.8 Å². The number of halogens is 1. The second-order valence-electron chi connectivity index (χ2n) is 8.43. The molecule has 180 valence electrons. The number of aryl methyl sites for hydroxylation is 2. The van der Waals surface area contributed by atoms with Crippen molar-refractivity contribution in [3.05, 3.63) is 76.1 Å². The van der Waals surface area contributed by atoms with Gasteiger partial charge >= 0.3 is 0 Å². The van der Waals surface area contributed by atoms with Crippen LogP contribution in [0.15, 0.2) is 48.7 Å². The molecule has 0 unspecified atom stereocenters. The minimum atomic E-state index is 0.0324. The highest BCUT2D eigenvalue weighted by molar-refractivity contribution is 6.30. The lowest BCUT2D eigenvalue weighted by Crippen LogP contribution is -2.48. The minimum absolute atomic E-state index is 0.0324. The van der Waals surface area contributed by atoms with E-state index in [4.69, 9.17) is 21.1 Å². The van der Waals surface area contributed by atoms with Gasteiger partial charge in [-0.1, -0.05) is 11.6 Å². The zero-order chi connectivity index (χ0) is 24.1. The Morgan fingerprint density at radius 1 is 1.06 bits per heavy atom. The molecule has 8 heteroatoms. The van der Waals surface area contributed by atoms with Crippen LogP contribution < -0.4 is 9.47 Å². The summed E-state index contributed by atoms with van der Waals surface area (Å²) in [7, 11) is 1.62. The summed E-state index contributed by atoms with van der Waals surface area (Å²) < 4.78 is 13.3. The molecule has 1 aromatic heterocycles. The molecule has 0 bridgehead atoms. The van der Waals surface area contributed by atoms with Gasteiger partial charge in [0.15, 0.2) is 0 Å². The summed E-state index contributed by atoms with van der Waals surface area (Å²) in [6.07, 6.45) is 2.12. The number of benzene rings is 2. The molecular formula is C26H31ClN4O3. The van der Waals surface area contributed by atoms with Crippen molar-refractivity contribution >= 4 is 17.5 Å². The van der Waals surface area contributed by atoms with E-state index in [9.17, 15) is 4.79 Å². The van der Waals surface area contributed by atoms with Gasteiger partial charge in [-0.05, 0) is 56.3 Å². The fourth-order valence-corrected chi connectivity index (χ4v) is 4.25. The van der Waals surface area contributed by atoms with Gasteiger partial charge in [-0.15, -0.1) is 0 Å². The summed E-state index contributed by atoms with van der Waals surface area (Å²) in [6, 6.07) is 12.7. The van der Waals surface area contributed by atoms with Crippen LogP contribution in [0.25, 0.3) is 0 Å². The molecule has 1 saturated heterocycles. The molecule has 1 aliphatic rings. The van der Waals surface area contributed by atoms with Gasteiger partial charge in [-0.2, -0.15) is 5.10 Å². The Hall–Kier alpha value is -3.03.